The molecule has 1 aromatic carbocycles. The van der Waals surface area contributed by atoms with Gasteiger partial charge in [-0.25, -0.2) is 4.79 Å². The molecule has 0 atom stereocenters. The number of carbonyl (C=O) groups excluding carboxylic acids is 1. The van der Waals surface area contributed by atoms with Gasteiger partial charge in [0.05, 0.1) is 0 Å². The maximum atomic E-state index is 11.9. The molecule has 2 aromatic heterocycles. The fourth-order valence-electron chi connectivity index (χ4n) is 2.50. The molecule has 1 fully saturated rings. The predicted molar refractivity (Wildman–Crippen MR) is 103 cm³/mol. The third kappa shape index (κ3) is 4.05. The first kappa shape index (κ1) is 17.0. The molecule has 3 aromatic rings. The van der Waals surface area contributed by atoms with Crippen LogP contribution in [0.25, 0.3) is 11.0 Å². The van der Waals surface area contributed by atoms with Gasteiger partial charge in [-0.3, -0.25) is 4.79 Å². The lowest BCUT2D eigenvalue weighted by Crippen LogP contribution is -2.06. The number of carbonyl (C=O) groups is 1. The zero-order chi connectivity index (χ0) is 18.1. The number of anilines is 2. The first-order valence-corrected chi connectivity index (χ1v) is 9.94. The molecule has 4 rings (SSSR count). The molecule has 2 N–H and O–H groups in total. The van der Waals surface area contributed by atoms with Gasteiger partial charge in [-0.15, -0.1) is 10.2 Å². The number of benzene rings is 1. The number of thioether (sulfide) groups is 1. The monoisotopic (exact) mass is 388 g/mol. The maximum Gasteiger partial charge on any atom is 0.336 e. The average Bonchev–Trinajstić information content (AvgIpc) is 3.28. The minimum atomic E-state index is -0.415. The highest BCUT2D eigenvalue weighted by Gasteiger charge is 2.22. The van der Waals surface area contributed by atoms with Crippen molar-refractivity contribution in [2.45, 2.75) is 35.9 Å². The van der Waals surface area contributed by atoms with Gasteiger partial charge in [0.1, 0.15) is 5.58 Å². The molecule has 26 heavy (non-hydrogen) atoms. The number of fused-ring (bicyclic) bond motifs is 1. The Hall–Kier alpha value is -2.39. The van der Waals surface area contributed by atoms with E-state index < -0.39 is 5.63 Å². The van der Waals surface area contributed by atoms with E-state index in [1.807, 2.05) is 6.07 Å². The Morgan fingerprint density at radius 2 is 2.19 bits per heavy atom. The third-order valence-electron chi connectivity index (χ3n) is 3.81. The van der Waals surface area contributed by atoms with Crippen LogP contribution in [-0.4, -0.2) is 22.1 Å². The van der Waals surface area contributed by atoms with Gasteiger partial charge in [0.25, 0.3) is 0 Å². The highest BCUT2D eigenvalue weighted by atomic mass is 32.2. The normalized spacial score (nSPS) is 13.7. The SMILES string of the molecule is CC(=O)Nc1ccc2c(CSc3nnc(NC4CC4)s3)cc(=O)oc2c1. The van der Waals surface area contributed by atoms with E-state index in [1.54, 1.807) is 12.1 Å². The molecule has 0 aliphatic heterocycles. The highest BCUT2D eigenvalue weighted by Crippen LogP contribution is 2.33. The topological polar surface area (TPSA) is 97.1 Å². The number of hydrogen-bond donors (Lipinski definition) is 2. The lowest BCUT2D eigenvalue weighted by molar-refractivity contribution is -0.114. The van der Waals surface area contributed by atoms with E-state index in [2.05, 4.69) is 20.8 Å². The summed E-state index contributed by atoms with van der Waals surface area (Å²) in [5.74, 6) is 0.407. The van der Waals surface area contributed by atoms with Gasteiger partial charge in [-0.2, -0.15) is 0 Å². The number of rotatable bonds is 6. The van der Waals surface area contributed by atoms with Crippen LogP contribution in [0.15, 0.2) is 37.8 Å². The van der Waals surface area contributed by atoms with Gasteiger partial charge >= 0.3 is 5.63 Å². The molecule has 0 unspecified atom stereocenters. The van der Waals surface area contributed by atoms with E-state index in [0.29, 0.717) is 23.1 Å². The number of hydrogen-bond acceptors (Lipinski definition) is 8. The van der Waals surface area contributed by atoms with E-state index in [4.69, 9.17) is 4.42 Å². The van der Waals surface area contributed by atoms with Crippen LogP contribution in [0.4, 0.5) is 10.8 Å². The Morgan fingerprint density at radius 1 is 1.35 bits per heavy atom. The van der Waals surface area contributed by atoms with Crippen LogP contribution in [0.3, 0.4) is 0 Å². The summed E-state index contributed by atoms with van der Waals surface area (Å²) in [7, 11) is 0. The summed E-state index contributed by atoms with van der Waals surface area (Å²) in [6.45, 7) is 1.43. The standard InChI is InChI=1S/C17H16N4O3S2/c1-9(22)18-12-4-5-13-10(6-15(23)24-14(13)7-12)8-25-17-21-20-16(26-17)19-11-2-3-11/h4-7,11H,2-3,8H2,1H3,(H,18,22)(H,19,20). The first-order chi connectivity index (χ1) is 12.6. The van der Waals surface area contributed by atoms with Crippen molar-refractivity contribution in [3.05, 3.63) is 40.2 Å². The Labute approximate surface area is 157 Å². The molecule has 9 heteroatoms. The third-order valence-corrected chi connectivity index (χ3v) is 5.85. The van der Waals surface area contributed by atoms with Crippen molar-refractivity contribution in [1.82, 2.24) is 10.2 Å². The molecular formula is C17H16N4O3S2. The summed E-state index contributed by atoms with van der Waals surface area (Å²) < 4.78 is 6.13. The summed E-state index contributed by atoms with van der Waals surface area (Å²) in [5.41, 5.74) is 1.49. The Balaban J connectivity index is 1.54. The molecule has 2 heterocycles. The van der Waals surface area contributed by atoms with Crippen molar-refractivity contribution < 1.29 is 9.21 Å². The summed E-state index contributed by atoms with van der Waals surface area (Å²) in [5, 5.41) is 16.0. The molecule has 1 saturated carbocycles. The van der Waals surface area contributed by atoms with E-state index in [-0.39, 0.29) is 5.91 Å². The van der Waals surface area contributed by atoms with Crippen molar-refractivity contribution >= 4 is 50.8 Å². The van der Waals surface area contributed by atoms with Crippen LogP contribution in [0, 0.1) is 0 Å². The van der Waals surface area contributed by atoms with Crippen LogP contribution < -0.4 is 16.3 Å². The van der Waals surface area contributed by atoms with Gasteiger partial charge in [0.15, 0.2) is 4.34 Å². The summed E-state index contributed by atoms with van der Waals surface area (Å²) in [6.07, 6.45) is 2.38. The Bertz CT molecular complexity index is 1030. The van der Waals surface area contributed by atoms with E-state index >= 15 is 0 Å². The predicted octanol–water partition coefficient (Wildman–Crippen LogP) is 3.47. The van der Waals surface area contributed by atoms with Crippen molar-refractivity contribution in [3.8, 4) is 0 Å². The molecule has 7 nitrogen and oxygen atoms in total. The summed E-state index contributed by atoms with van der Waals surface area (Å²) in [6, 6.07) is 7.34. The van der Waals surface area contributed by atoms with Crippen molar-refractivity contribution in [2.75, 3.05) is 10.6 Å². The quantitative estimate of drug-likeness (QED) is 0.493. The van der Waals surface area contributed by atoms with E-state index in [0.717, 1.165) is 20.4 Å². The van der Waals surface area contributed by atoms with E-state index in [9.17, 15) is 9.59 Å². The molecule has 134 valence electrons. The molecule has 1 aliphatic rings. The number of nitrogens with zero attached hydrogens (tertiary/aromatic N) is 2. The zero-order valence-electron chi connectivity index (χ0n) is 13.9. The van der Waals surface area contributed by atoms with Crippen molar-refractivity contribution in [2.24, 2.45) is 0 Å². The van der Waals surface area contributed by atoms with Gasteiger partial charge in [-0.05, 0) is 30.5 Å². The van der Waals surface area contributed by atoms with Crippen LogP contribution in [0.5, 0.6) is 0 Å². The van der Waals surface area contributed by atoms with Crippen molar-refractivity contribution in [3.63, 3.8) is 0 Å². The van der Waals surface area contributed by atoms with Crippen LogP contribution in [-0.2, 0) is 10.5 Å². The first-order valence-electron chi connectivity index (χ1n) is 8.14. The fourth-order valence-corrected chi connectivity index (χ4v) is 4.32. The van der Waals surface area contributed by atoms with Crippen LogP contribution >= 0.6 is 23.1 Å². The fraction of sp³-hybridized carbons (Fsp3) is 0.294. The largest absolute Gasteiger partial charge is 0.423 e. The van der Waals surface area contributed by atoms with Gasteiger partial charge < -0.3 is 15.1 Å². The summed E-state index contributed by atoms with van der Waals surface area (Å²) >= 11 is 3.05. The minimum absolute atomic E-state index is 0.176. The van der Waals surface area contributed by atoms with Crippen LogP contribution in [0.2, 0.25) is 0 Å². The second-order valence-electron chi connectivity index (χ2n) is 6.06. The molecule has 0 spiro atoms. The Morgan fingerprint density at radius 3 is 2.96 bits per heavy atom. The Kier molecular flexibility index (Phi) is 4.64. The number of aromatic nitrogens is 2. The van der Waals surface area contributed by atoms with Gasteiger partial charge in [0, 0.05) is 41.9 Å². The molecule has 0 saturated heterocycles. The number of nitrogens with one attached hydrogen (secondary N) is 2. The van der Waals surface area contributed by atoms with Gasteiger partial charge in [0.2, 0.25) is 11.0 Å². The molecular weight excluding hydrogens is 372 g/mol. The second-order valence-corrected chi connectivity index (χ2v) is 8.26. The average molecular weight is 388 g/mol. The maximum absolute atomic E-state index is 11.9. The smallest absolute Gasteiger partial charge is 0.336 e. The molecule has 1 aliphatic carbocycles. The molecule has 0 bridgehead atoms. The van der Waals surface area contributed by atoms with Crippen molar-refractivity contribution in [1.29, 1.82) is 0 Å². The molecule has 1 amide bonds. The highest BCUT2D eigenvalue weighted by molar-refractivity contribution is 8.00. The molecule has 0 radical (unpaired) electrons. The number of amides is 1. The van der Waals surface area contributed by atoms with Crippen LogP contribution in [0.1, 0.15) is 25.3 Å². The zero-order valence-corrected chi connectivity index (χ0v) is 15.6. The lowest BCUT2D eigenvalue weighted by Gasteiger charge is -2.06. The second kappa shape index (κ2) is 7.08. The lowest BCUT2D eigenvalue weighted by atomic mass is 10.1. The summed E-state index contributed by atoms with van der Waals surface area (Å²) in [4.78, 5) is 23.1. The van der Waals surface area contributed by atoms with Gasteiger partial charge in [-0.1, -0.05) is 23.1 Å². The van der Waals surface area contributed by atoms with E-state index in [1.165, 1.54) is 48.9 Å². The minimum Gasteiger partial charge on any atom is -0.423 e.